The average Bonchev–Trinajstić information content (AvgIpc) is 3.28. The molecule has 0 saturated carbocycles. The Bertz CT molecular complexity index is 937. The number of nitrogens with one attached hydrogen (secondary N) is 1. The molecule has 2 aromatic rings. The van der Waals surface area contributed by atoms with Crippen LogP contribution in [0.2, 0.25) is 0 Å². The van der Waals surface area contributed by atoms with Gasteiger partial charge in [-0.3, -0.25) is 4.79 Å². The van der Waals surface area contributed by atoms with Crippen molar-refractivity contribution in [3.05, 3.63) is 59.7 Å². The highest BCUT2D eigenvalue weighted by Gasteiger charge is 2.27. The molecular formula is C22H28N2O4S. The van der Waals surface area contributed by atoms with Crippen LogP contribution in [0.4, 0.5) is 0 Å². The zero-order valence-corrected chi connectivity index (χ0v) is 17.6. The number of benzene rings is 2. The molecule has 1 aliphatic heterocycles. The molecule has 1 N–H and O–H groups in total. The summed E-state index contributed by atoms with van der Waals surface area (Å²) in [6.07, 6.45) is 3.82. The number of amides is 1. The van der Waals surface area contributed by atoms with E-state index in [2.05, 4.69) is 12.2 Å². The summed E-state index contributed by atoms with van der Waals surface area (Å²) in [6.45, 7) is 4.20. The molecule has 2 aromatic carbocycles. The van der Waals surface area contributed by atoms with Crippen LogP contribution in [0.15, 0.2) is 53.4 Å². The number of nitrogens with zero attached hydrogens (tertiary/aromatic N) is 1. The molecule has 1 saturated heterocycles. The Morgan fingerprint density at radius 1 is 1.10 bits per heavy atom. The molecule has 1 aliphatic rings. The first-order chi connectivity index (χ1) is 14.0. The fourth-order valence-corrected chi connectivity index (χ4v) is 4.80. The second kappa shape index (κ2) is 9.89. The molecule has 1 amide bonds. The van der Waals surface area contributed by atoms with E-state index in [9.17, 15) is 13.2 Å². The van der Waals surface area contributed by atoms with Crippen molar-refractivity contribution in [2.24, 2.45) is 0 Å². The summed E-state index contributed by atoms with van der Waals surface area (Å²) in [5, 5.41) is 2.86. The number of ether oxygens (including phenoxy) is 1. The lowest BCUT2D eigenvalue weighted by atomic mass is 10.2. The van der Waals surface area contributed by atoms with Gasteiger partial charge in [0.15, 0.2) is 0 Å². The SMILES string of the molecule is CCCCOc1cccc(CNC(=O)c2cccc(S(=O)(=O)N3CCCC3)c2)c1. The third kappa shape index (κ3) is 5.58. The molecule has 156 valence electrons. The van der Waals surface area contributed by atoms with Crippen LogP contribution in [0.5, 0.6) is 5.75 Å². The van der Waals surface area contributed by atoms with Gasteiger partial charge in [-0.25, -0.2) is 8.42 Å². The van der Waals surface area contributed by atoms with Crippen LogP contribution in [0.25, 0.3) is 0 Å². The van der Waals surface area contributed by atoms with Gasteiger partial charge in [-0.2, -0.15) is 4.31 Å². The standard InChI is InChI=1S/C22H28N2O4S/c1-2-3-14-28-20-10-6-8-18(15-20)17-23-22(25)19-9-7-11-21(16-19)29(26,27)24-12-4-5-13-24/h6-11,15-16H,2-5,12-14,17H2,1H3,(H,23,25). The number of unbranched alkanes of at least 4 members (excludes halogenated alkanes) is 1. The third-order valence-electron chi connectivity index (χ3n) is 4.92. The number of hydrogen-bond acceptors (Lipinski definition) is 4. The molecule has 29 heavy (non-hydrogen) atoms. The Hall–Kier alpha value is -2.38. The summed E-state index contributed by atoms with van der Waals surface area (Å²) in [5.41, 5.74) is 1.26. The number of carbonyl (C=O) groups excluding carboxylic acids is 1. The summed E-state index contributed by atoms with van der Waals surface area (Å²) in [5.74, 6) is 0.477. The minimum absolute atomic E-state index is 0.165. The number of hydrogen-bond donors (Lipinski definition) is 1. The van der Waals surface area contributed by atoms with E-state index in [4.69, 9.17) is 4.74 Å². The van der Waals surface area contributed by atoms with E-state index in [1.807, 2.05) is 24.3 Å². The fraction of sp³-hybridized carbons (Fsp3) is 0.409. The molecule has 0 unspecified atom stereocenters. The van der Waals surface area contributed by atoms with Crippen LogP contribution < -0.4 is 10.1 Å². The molecule has 0 aliphatic carbocycles. The third-order valence-corrected chi connectivity index (χ3v) is 6.81. The van der Waals surface area contributed by atoms with Crippen molar-refractivity contribution in [1.29, 1.82) is 0 Å². The van der Waals surface area contributed by atoms with Crippen molar-refractivity contribution in [1.82, 2.24) is 9.62 Å². The fourth-order valence-electron chi connectivity index (χ4n) is 3.24. The largest absolute Gasteiger partial charge is 0.494 e. The van der Waals surface area contributed by atoms with Crippen molar-refractivity contribution >= 4 is 15.9 Å². The lowest BCUT2D eigenvalue weighted by Gasteiger charge is -2.16. The van der Waals surface area contributed by atoms with Crippen LogP contribution in [-0.4, -0.2) is 38.3 Å². The second-order valence-electron chi connectivity index (χ2n) is 7.17. The van der Waals surface area contributed by atoms with Gasteiger partial charge in [0, 0.05) is 25.2 Å². The smallest absolute Gasteiger partial charge is 0.251 e. The van der Waals surface area contributed by atoms with Gasteiger partial charge in [-0.15, -0.1) is 0 Å². The van der Waals surface area contributed by atoms with Gasteiger partial charge in [0.2, 0.25) is 10.0 Å². The maximum absolute atomic E-state index is 12.7. The van der Waals surface area contributed by atoms with Crippen molar-refractivity contribution in [3.63, 3.8) is 0 Å². The summed E-state index contributed by atoms with van der Waals surface area (Å²) in [7, 11) is -3.54. The molecule has 7 heteroatoms. The van der Waals surface area contributed by atoms with Gasteiger partial charge in [-0.1, -0.05) is 31.5 Å². The summed E-state index contributed by atoms with van der Waals surface area (Å²) < 4.78 is 32.6. The monoisotopic (exact) mass is 416 g/mol. The lowest BCUT2D eigenvalue weighted by Crippen LogP contribution is -2.28. The normalized spacial score (nSPS) is 14.7. The zero-order valence-electron chi connectivity index (χ0n) is 16.8. The van der Waals surface area contributed by atoms with Crippen LogP contribution in [0.1, 0.15) is 48.5 Å². The molecule has 0 aromatic heterocycles. The summed E-state index contributed by atoms with van der Waals surface area (Å²) >= 11 is 0. The summed E-state index contributed by atoms with van der Waals surface area (Å²) in [6, 6.07) is 13.8. The molecule has 1 heterocycles. The second-order valence-corrected chi connectivity index (χ2v) is 9.11. The lowest BCUT2D eigenvalue weighted by molar-refractivity contribution is 0.0950. The predicted octanol–water partition coefficient (Wildman–Crippen LogP) is 3.58. The van der Waals surface area contributed by atoms with Crippen molar-refractivity contribution < 1.29 is 17.9 Å². The van der Waals surface area contributed by atoms with E-state index >= 15 is 0 Å². The molecule has 0 radical (unpaired) electrons. The molecule has 0 atom stereocenters. The van der Waals surface area contributed by atoms with Crippen LogP contribution in [0.3, 0.4) is 0 Å². The minimum atomic E-state index is -3.54. The molecular weight excluding hydrogens is 388 g/mol. The minimum Gasteiger partial charge on any atom is -0.494 e. The van der Waals surface area contributed by atoms with Gasteiger partial charge < -0.3 is 10.1 Å². The van der Waals surface area contributed by atoms with Gasteiger partial charge in [0.25, 0.3) is 5.91 Å². The van der Waals surface area contributed by atoms with Crippen LogP contribution in [0, 0.1) is 0 Å². The van der Waals surface area contributed by atoms with Crippen molar-refractivity contribution in [2.45, 2.75) is 44.0 Å². The van der Waals surface area contributed by atoms with Gasteiger partial charge in [0.1, 0.15) is 5.75 Å². The van der Waals surface area contributed by atoms with Crippen molar-refractivity contribution in [2.75, 3.05) is 19.7 Å². The maximum atomic E-state index is 12.7. The Balaban J connectivity index is 1.63. The first-order valence-electron chi connectivity index (χ1n) is 10.1. The highest BCUT2D eigenvalue weighted by molar-refractivity contribution is 7.89. The van der Waals surface area contributed by atoms with Crippen LogP contribution in [-0.2, 0) is 16.6 Å². The van der Waals surface area contributed by atoms with E-state index < -0.39 is 10.0 Å². The van der Waals surface area contributed by atoms with Gasteiger partial charge in [0.05, 0.1) is 11.5 Å². The number of rotatable bonds is 9. The summed E-state index contributed by atoms with van der Waals surface area (Å²) in [4.78, 5) is 12.7. The zero-order chi connectivity index (χ0) is 20.7. The van der Waals surface area contributed by atoms with Gasteiger partial charge in [-0.05, 0) is 55.2 Å². The number of carbonyl (C=O) groups is 1. The molecule has 1 fully saturated rings. The Morgan fingerprint density at radius 3 is 2.62 bits per heavy atom. The first kappa shape index (κ1) is 21.3. The van der Waals surface area contributed by atoms with E-state index in [0.29, 0.717) is 31.8 Å². The van der Waals surface area contributed by atoms with Crippen LogP contribution >= 0.6 is 0 Å². The Kier molecular flexibility index (Phi) is 7.28. The highest BCUT2D eigenvalue weighted by Crippen LogP contribution is 2.21. The molecule has 6 nitrogen and oxygen atoms in total. The van der Waals surface area contributed by atoms with E-state index in [0.717, 1.165) is 37.0 Å². The first-order valence-corrected chi connectivity index (χ1v) is 11.5. The van der Waals surface area contributed by atoms with E-state index in [1.54, 1.807) is 18.2 Å². The Morgan fingerprint density at radius 2 is 1.86 bits per heavy atom. The number of sulfonamides is 1. The Labute approximate surface area is 172 Å². The molecule has 0 spiro atoms. The average molecular weight is 417 g/mol. The van der Waals surface area contributed by atoms with E-state index in [1.165, 1.54) is 10.4 Å². The topological polar surface area (TPSA) is 75.7 Å². The van der Waals surface area contributed by atoms with E-state index in [-0.39, 0.29) is 10.8 Å². The maximum Gasteiger partial charge on any atom is 0.251 e. The van der Waals surface area contributed by atoms with Gasteiger partial charge >= 0.3 is 0 Å². The molecule has 3 rings (SSSR count). The van der Waals surface area contributed by atoms with Crippen molar-refractivity contribution in [3.8, 4) is 5.75 Å². The quantitative estimate of drug-likeness (QED) is 0.634. The predicted molar refractivity (Wildman–Crippen MR) is 112 cm³/mol. The highest BCUT2D eigenvalue weighted by atomic mass is 32.2. The molecule has 0 bridgehead atoms.